The van der Waals surface area contributed by atoms with Crippen LogP contribution in [0, 0.1) is 0 Å². The third-order valence-corrected chi connectivity index (χ3v) is 2.21. The molecule has 0 N–H and O–H groups in total. The number of alkyl halides is 3. The molecule has 4 heteroatoms. The number of hydrogen-bond donors (Lipinski definition) is 0. The second kappa shape index (κ2) is 4.47. The van der Waals surface area contributed by atoms with E-state index in [-0.39, 0.29) is 5.92 Å². The number of pyridine rings is 1. The van der Waals surface area contributed by atoms with Crippen LogP contribution in [-0.2, 0) is 6.18 Å². The number of allylic oxidation sites excluding steroid dienone is 1. The number of halogens is 3. The van der Waals surface area contributed by atoms with Gasteiger partial charge in [-0.3, -0.25) is 4.98 Å². The zero-order valence-corrected chi connectivity index (χ0v) is 8.38. The van der Waals surface area contributed by atoms with E-state index in [1.807, 2.05) is 6.92 Å². The molecular weight excluding hydrogens is 203 g/mol. The lowest BCUT2D eigenvalue weighted by Gasteiger charge is -2.12. The number of rotatable bonds is 3. The minimum atomic E-state index is -4.31. The topological polar surface area (TPSA) is 12.9 Å². The zero-order valence-electron chi connectivity index (χ0n) is 8.38. The SMILES string of the molecule is C=CC(CC)c1cc(C(F)(F)F)ccn1. The first-order valence-electron chi connectivity index (χ1n) is 4.64. The van der Waals surface area contributed by atoms with Crippen LogP contribution < -0.4 is 0 Å². The first-order valence-corrected chi connectivity index (χ1v) is 4.64. The fourth-order valence-corrected chi connectivity index (χ4v) is 1.32. The average Bonchev–Trinajstić information content (AvgIpc) is 2.19. The average molecular weight is 215 g/mol. The maximum Gasteiger partial charge on any atom is 0.416 e. The lowest BCUT2D eigenvalue weighted by molar-refractivity contribution is -0.137. The highest BCUT2D eigenvalue weighted by atomic mass is 19.4. The largest absolute Gasteiger partial charge is 0.416 e. The lowest BCUT2D eigenvalue weighted by Crippen LogP contribution is -2.07. The Labute approximate surface area is 86.6 Å². The van der Waals surface area contributed by atoms with E-state index in [9.17, 15) is 13.2 Å². The van der Waals surface area contributed by atoms with Gasteiger partial charge in [0.05, 0.1) is 5.56 Å². The fraction of sp³-hybridized carbons (Fsp3) is 0.364. The van der Waals surface area contributed by atoms with Gasteiger partial charge in [0.2, 0.25) is 0 Å². The number of hydrogen-bond acceptors (Lipinski definition) is 1. The van der Waals surface area contributed by atoms with Crippen LogP contribution in [0.3, 0.4) is 0 Å². The van der Waals surface area contributed by atoms with Gasteiger partial charge in [-0.25, -0.2) is 0 Å². The van der Waals surface area contributed by atoms with Crippen molar-refractivity contribution >= 4 is 0 Å². The van der Waals surface area contributed by atoms with Gasteiger partial charge < -0.3 is 0 Å². The first-order chi connectivity index (χ1) is 6.99. The molecule has 0 radical (unpaired) electrons. The quantitative estimate of drug-likeness (QED) is 0.699. The Morgan fingerprint density at radius 3 is 2.67 bits per heavy atom. The Bertz CT molecular complexity index is 344. The van der Waals surface area contributed by atoms with E-state index in [0.29, 0.717) is 12.1 Å². The smallest absolute Gasteiger partial charge is 0.261 e. The fourth-order valence-electron chi connectivity index (χ4n) is 1.32. The van der Waals surface area contributed by atoms with Gasteiger partial charge in [0.1, 0.15) is 0 Å². The molecule has 0 saturated carbocycles. The van der Waals surface area contributed by atoms with Crippen LogP contribution in [0.25, 0.3) is 0 Å². The Balaban J connectivity index is 3.07. The second-order valence-electron chi connectivity index (χ2n) is 3.22. The summed E-state index contributed by atoms with van der Waals surface area (Å²) in [6.07, 6.45) is -0.818. The minimum absolute atomic E-state index is 0.118. The lowest BCUT2D eigenvalue weighted by atomic mass is 10.0. The molecule has 0 aliphatic heterocycles. The van der Waals surface area contributed by atoms with Gasteiger partial charge in [0.15, 0.2) is 0 Å². The van der Waals surface area contributed by atoms with Crippen molar-refractivity contribution in [2.75, 3.05) is 0 Å². The van der Waals surface area contributed by atoms with Crippen molar-refractivity contribution in [3.8, 4) is 0 Å². The van der Waals surface area contributed by atoms with Gasteiger partial charge in [0, 0.05) is 17.8 Å². The van der Waals surface area contributed by atoms with E-state index in [1.165, 1.54) is 6.20 Å². The summed E-state index contributed by atoms with van der Waals surface area (Å²) in [6, 6.07) is 2.05. The van der Waals surface area contributed by atoms with E-state index in [2.05, 4.69) is 11.6 Å². The molecule has 0 fully saturated rings. The Hall–Kier alpha value is -1.32. The van der Waals surface area contributed by atoms with Crippen molar-refractivity contribution in [2.24, 2.45) is 0 Å². The maximum atomic E-state index is 12.4. The van der Waals surface area contributed by atoms with E-state index in [4.69, 9.17) is 0 Å². The Morgan fingerprint density at radius 2 is 2.20 bits per heavy atom. The minimum Gasteiger partial charge on any atom is -0.261 e. The molecule has 1 aromatic heterocycles. The van der Waals surface area contributed by atoms with Crippen LogP contribution in [0.2, 0.25) is 0 Å². The van der Waals surface area contributed by atoms with Crippen LogP contribution in [-0.4, -0.2) is 4.98 Å². The van der Waals surface area contributed by atoms with E-state index in [1.54, 1.807) is 6.08 Å². The molecule has 1 nitrogen and oxygen atoms in total. The van der Waals surface area contributed by atoms with Crippen molar-refractivity contribution in [1.29, 1.82) is 0 Å². The molecular formula is C11H12F3N. The predicted molar refractivity (Wildman–Crippen MR) is 52.5 cm³/mol. The van der Waals surface area contributed by atoms with Gasteiger partial charge in [-0.15, -0.1) is 6.58 Å². The Kier molecular flexibility index (Phi) is 3.50. The molecule has 1 rings (SSSR count). The standard InChI is InChI=1S/C11H12F3N/c1-3-8(4-2)10-7-9(5-6-15-10)11(12,13)14/h3,5-8H,1,4H2,2H3. The molecule has 0 amide bonds. The molecule has 1 aromatic rings. The van der Waals surface area contributed by atoms with Gasteiger partial charge in [-0.2, -0.15) is 13.2 Å². The molecule has 1 unspecified atom stereocenters. The summed E-state index contributed by atoms with van der Waals surface area (Å²) >= 11 is 0. The summed E-state index contributed by atoms with van der Waals surface area (Å²) in [5, 5.41) is 0. The highest BCUT2D eigenvalue weighted by Crippen LogP contribution is 2.30. The maximum absolute atomic E-state index is 12.4. The Morgan fingerprint density at radius 1 is 1.53 bits per heavy atom. The number of nitrogens with zero attached hydrogens (tertiary/aromatic N) is 1. The summed E-state index contributed by atoms with van der Waals surface area (Å²) in [7, 11) is 0. The van der Waals surface area contributed by atoms with Crippen molar-refractivity contribution < 1.29 is 13.2 Å². The van der Waals surface area contributed by atoms with Crippen molar-refractivity contribution in [3.63, 3.8) is 0 Å². The molecule has 15 heavy (non-hydrogen) atoms. The molecule has 1 heterocycles. The van der Waals surface area contributed by atoms with E-state index < -0.39 is 11.7 Å². The van der Waals surface area contributed by atoms with Crippen molar-refractivity contribution in [2.45, 2.75) is 25.4 Å². The molecule has 0 aliphatic carbocycles. The molecule has 0 bridgehead atoms. The van der Waals surface area contributed by atoms with Gasteiger partial charge in [-0.1, -0.05) is 13.0 Å². The molecule has 0 saturated heterocycles. The van der Waals surface area contributed by atoms with E-state index in [0.717, 1.165) is 12.1 Å². The predicted octanol–water partition coefficient (Wildman–Crippen LogP) is 3.78. The zero-order chi connectivity index (χ0) is 11.5. The molecule has 0 aliphatic rings. The van der Waals surface area contributed by atoms with Gasteiger partial charge in [0.25, 0.3) is 0 Å². The third-order valence-electron chi connectivity index (χ3n) is 2.21. The highest BCUT2D eigenvalue weighted by molar-refractivity contribution is 5.23. The number of aromatic nitrogens is 1. The molecule has 0 aromatic carbocycles. The van der Waals surface area contributed by atoms with Gasteiger partial charge >= 0.3 is 6.18 Å². The highest BCUT2D eigenvalue weighted by Gasteiger charge is 2.31. The van der Waals surface area contributed by atoms with E-state index >= 15 is 0 Å². The summed E-state index contributed by atoms with van der Waals surface area (Å²) in [5.74, 6) is -0.118. The van der Waals surface area contributed by atoms with Crippen molar-refractivity contribution in [3.05, 3.63) is 42.2 Å². The molecule has 1 atom stereocenters. The normalized spacial score (nSPS) is 13.6. The van der Waals surface area contributed by atoms with Crippen LogP contribution >= 0.6 is 0 Å². The molecule has 82 valence electrons. The summed E-state index contributed by atoms with van der Waals surface area (Å²) < 4.78 is 37.2. The van der Waals surface area contributed by atoms with Crippen molar-refractivity contribution in [1.82, 2.24) is 4.98 Å². The summed E-state index contributed by atoms with van der Waals surface area (Å²) in [6.45, 7) is 5.46. The second-order valence-corrected chi connectivity index (χ2v) is 3.22. The molecule has 0 spiro atoms. The van der Waals surface area contributed by atoms with Gasteiger partial charge in [-0.05, 0) is 18.6 Å². The van der Waals surface area contributed by atoms with Crippen LogP contribution in [0.1, 0.15) is 30.5 Å². The third kappa shape index (κ3) is 2.81. The van der Waals surface area contributed by atoms with Crippen LogP contribution in [0.15, 0.2) is 31.0 Å². The summed E-state index contributed by atoms with van der Waals surface area (Å²) in [4.78, 5) is 3.92. The monoisotopic (exact) mass is 215 g/mol. The summed E-state index contributed by atoms with van der Waals surface area (Å²) in [5.41, 5.74) is -0.241. The van der Waals surface area contributed by atoms with Crippen LogP contribution in [0.4, 0.5) is 13.2 Å². The first kappa shape index (κ1) is 11.8. The van der Waals surface area contributed by atoms with Crippen LogP contribution in [0.5, 0.6) is 0 Å².